The summed E-state index contributed by atoms with van der Waals surface area (Å²) in [6, 6.07) is 11.9. The van der Waals surface area contributed by atoms with Crippen molar-refractivity contribution >= 4 is 32.6 Å². The Hall–Kier alpha value is -1.55. The summed E-state index contributed by atoms with van der Waals surface area (Å²) in [6.45, 7) is 6.56. The summed E-state index contributed by atoms with van der Waals surface area (Å²) in [5, 5.41) is 5.10. The van der Waals surface area contributed by atoms with Gasteiger partial charge in [0.25, 0.3) is 5.91 Å². The van der Waals surface area contributed by atoms with Crippen LogP contribution in [0.15, 0.2) is 40.9 Å². The molecule has 0 bridgehead atoms. The van der Waals surface area contributed by atoms with Crippen molar-refractivity contribution < 1.29 is 9.53 Å². The summed E-state index contributed by atoms with van der Waals surface area (Å²) >= 11 is 3.45. The van der Waals surface area contributed by atoms with Gasteiger partial charge in [-0.05, 0) is 47.9 Å². The van der Waals surface area contributed by atoms with E-state index in [-0.39, 0.29) is 5.91 Å². The van der Waals surface area contributed by atoms with Gasteiger partial charge in [0.15, 0.2) is 6.10 Å². The number of ether oxygens (including phenoxy) is 1. The lowest BCUT2D eigenvalue weighted by atomic mass is 10.1. The number of carbonyl (C=O) groups excluding carboxylic acids is 1. The Kier molecular flexibility index (Phi) is 5.23. The van der Waals surface area contributed by atoms with Gasteiger partial charge < -0.3 is 10.1 Å². The Bertz CT molecular complexity index is 640. The number of benzene rings is 2. The lowest BCUT2D eigenvalue weighted by Gasteiger charge is -2.16. The molecule has 112 valence electrons. The Labute approximate surface area is 133 Å². The van der Waals surface area contributed by atoms with Crippen LogP contribution >= 0.6 is 15.9 Å². The number of nitrogens with one attached hydrogen (secondary N) is 1. The number of hydrogen-bond acceptors (Lipinski definition) is 2. The third kappa shape index (κ3) is 4.46. The quantitative estimate of drug-likeness (QED) is 0.880. The summed E-state index contributed by atoms with van der Waals surface area (Å²) in [5.74, 6) is 1.05. The van der Waals surface area contributed by atoms with Crippen LogP contribution in [-0.4, -0.2) is 18.6 Å². The molecule has 1 unspecified atom stereocenters. The molecule has 0 aliphatic carbocycles. The monoisotopic (exact) mass is 349 g/mol. The Morgan fingerprint density at radius 2 is 1.81 bits per heavy atom. The smallest absolute Gasteiger partial charge is 0.260 e. The van der Waals surface area contributed by atoms with E-state index >= 15 is 0 Å². The van der Waals surface area contributed by atoms with Gasteiger partial charge in [-0.1, -0.05) is 41.9 Å². The van der Waals surface area contributed by atoms with E-state index in [1.165, 1.54) is 0 Å². The molecule has 1 amide bonds. The van der Waals surface area contributed by atoms with E-state index in [1.54, 1.807) is 6.92 Å². The number of halogens is 1. The van der Waals surface area contributed by atoms with Gasteiger partial charge in [0.05, 0.1) is 0 Å². The molecule has 0 saturated heterocycles. The van der Waals surface area contributed by atoms with Crippen LogP contribution < -0.4 is 10.1 Å². The largest absolute Gasteiger partial charge is 0.481 e. The van der Waals surface area contributed by atoms with Crippen molar-refractivity contribution in [3.63, 3.8) is 0 Å². The molecular formula is C17H20BrNO2. The summed E-state index contributed by atoms with van der Waals surface area (Å²) in [4.78, 5) is 11.9. The Balaban J connectivity index is 2.05. The van der Waals surface area contributed by atoms with Crippen LogP contribution in [0, 0.1) is 5.92 Å². The number of fused-ring (bicyclic) bond motifs is 1. The molecule has 0 aromatic heterocycles. The highest BCUT2D eigenvalue weighted by Gasteiger charge is 2.14. The van der Waals surface area contributed by atoms with E-state index in [0.717, 1.165) is 15.2 Å². The maximum Gasteiger partial charge on any atom is 0.260 e. The van der Waals surface area contributed by atoms with E-state index in [2.05, 4.69) is 41.2 Å². The van der Waals surface area contributed by atoms with Crippen molar-refractivity contribution in [3.8, 4) is 5.75 Å². The summed E-state index contributed by atoms with van der Waals surface area (Å²) in [6.07, 6.45) is -0.503. The minimum absolute atomic E-state index is 0.0837. The van der Waals surface area contributed by atoms with Gasteiger partial charge in [-0.25, -0.2) is 0 Å². The third-order valence-electron chi connectivity index (χ3n) is 3.14. The van der Waals surface area contributed by atoms with Crippen LogP contribution in [0.4, 0.5) is 0 Å². The summed E-state index contributed by atoms with van der Waals surface area (Å²) < 4.78 is 6.77. The molecule has 0 saturated carbocycles. The lowest BCUT2D eigenvalue weighted by molar-refractivity contribution is -0.127. The topological polar surface area (TPSA) is 38.3 Å². The van der Waals surface area contributed by atoms with Gasteiger partial charge >= 0.3 is 0 Å². The molecular weight excluding hydrogens is 330 g/mol. The molecule has 0 aliphatic rings. The van der Waals surface area contributed by atoms with Crippen LogP contribution in [0.3, 0.4) is 0 Å². The highest BCUT2D eigenvalue weighted by molar-refractivity contribution is 9.10. The zero-order valence-electron chi connectivity index (χ0n) is 12.5. The van der Waals surface area contributed by atoms with E-state index in [4.69, 9.17) is 4.74 Å². The molecule has 0 spiro atoms. The third-order valence-corrected chi connectivity index (χ3v) is 3.63. The van der Waals surface area contributed by atoms with E-state index in [0.29, 0.717) is 18.2 Å². The first-order valence-corrected chi connectivity index (χ1v) is 7.88. The highest BCUT2D eigenvalue weighted by atomic mass is 79.9. The van der Waals surface area contributed by atoms with Crippen molar-refractivity contribution in [2.45, 2.75) is 26.9 Å². The second kappa shape index (κ2) is 6.94. The van der Waals surface area contributed by atoms with Crippen LogP contribution in [0.1, 0.15) is 20.8 Å². The fraction of sp³-hybridized carbons (Fsp3) is 0.353. The molecule has 3 nitrogen and oxygen atoms in total. The van der Waals surface area contributed by atoms with Gasteiger partial charge in [0.1, 0.15) is 5.75 Å². The molecule has 1 atom stereocenters. The average molecular weight is 350 g/mol. The zero-order chi connectivity index (χ0) is 15.4. The normalized spacial score (nSPS) is 12.4. The van der Waals surface area contributed by atoms with Crippen LogP contribution in [-0.2, 0) is 4.79 Å². The molecule has 1 N–H and O–H groups in total. The van der Waals surface area contributed by atoms with Gasteiger partial charge in [-0.15, -0.1) is 0 Å². The number of rotatable bonds is 5. The molecule has 0 heterocycles. The zero-order valence-corrected chi connectivity index (χ0v) is 14.1. The van der Waals surface area contributed by atoms with E-state index in [9.17, 15) is 4.79 Å². The first-order chi connectivity index (χ1) is 9.95. The molecule has 0 radical (unpaired) electrons. The van der Waals surface area contributed by atoms with Crippen molar-refractivity contribution in [1.29, 1.82) is 0 Å². The molecule has 4 heteroatoms. The van der Waals surface area contributed by atoms with Crippen molar-refractivity contribution in [2.24, 2.45) is 5.92 Å². The van der Waals surface area contributed by atoms with Crippen molar-refractivity contribution in [3.05, 3.63) is 40.9 Å². The molecule has 2 aromatic rings. The van der Waals surface area contributed by atoms with E-state index in [1.807, 2.05) is 30.3 Å². The fourth-order valence-corrected chi connectivity index (χ4v) is 2.35. The first-order valence-electron chi connectivity index (χ1n) is 7.09. The minimum Gasteiger partial charge on any atom is -0.481 e. The predicted molar refractivity (Wildman–Crippen MR) is 89.6 cm³/mol. The molecule has 0 fully saturated rings. The van der Waals surface area contributed by atoms with Gasteiger partial charge in [0.2, 0.25) is 0 Å². The van der Waals surface area contributed by atoms with Crippen molar-refractivity contribution in [2.75, 3.05) is 6.54 Å². The van der Waals surface area contributed by atoms with Crippen molar-refractivity contribution in [1.82, 2.24) is 5.32 Å². The van der Waals surface area contributed by atoms with Crippen LogP contribution in [0.5, 0.6) is 5.75 Å². The second-order valence-electron chi connectivity index (χ2n) is 5.55. The molecule has 2 aromatic carbocycles. The standard InChI is InChI=1S/C17H20BrNO2/c1-11(2)10-19-17(20)12(3)21-16-7-5-13-8-15(18)6-4-14(13)9-16/h4-9,11-12H,10H2,1-3H3,(H,19,20). The predicted octanol–water partition coefficient (Wildman–Crippen LogP) is 4.14. The molecule has 2 rings (SSSR count). The average Bonchev–Trinajstić information content (AvgIpc) is 2.44. The lowest BCUT2D eigenvalue weighted by Crippen LogP contribution is -2.38. The van der Waals surface area contributed by atoms with Crippen LogP contribution in [0.25, 0.3) is 10.8 Å². The fourth-order valence-electron chi connectivity index (χ4n) is 1.97. The SMILES string of the molecule is CC(C)CNC(=O)C(C)Oc1ccc2cc(Br)ccc2c1. The molecule has 21 heavy (non-hydrogen) atoms. The maximum atomic E-state index is 11.9. The Morgan fingerprint density at radius 1 is 1.14 bits per heavy atom. The summed E-state index contributed by atoms with van der Waals surface area (Å²) in [5.41, 5.74) is 0. The number of hydrogen-bond donors (Lipinski definition) is 1. The maximum absolute atomic E-state index is 11.9. The minimum atomic E-state index is -0.503. The van der Waals surface area contributed by atoms with Gasteiger partial charge in [-0.3, -0.25) is 4.79 Å². The van der Waals surface area contributed by atoms with E-state index < -0.39 is 6.10 Å². The number of amides is 1. The highest BCUT2D eigenvalue weighted by Crippen LogP contribution is 2.24. The van der Waals surface area contributed by atoms with Gasteiger partial charge in [0, 0.05) is 11.0 Å². The Morgan fingerprint density at radius 3 is 2.52 bits per heavy atom. The molecule has 0 aliphatic heterocycles. The summed E-state index contributed by atoms with van der Waals surface area (Å²) in [7, 11) is 0. The van der Waals surface area contributed by atoms with Crippen LogP contribution in [0.2, 0.25) is 0 Å². The second-order valence-corrected chi connectivity index (χ2v) is 6.47. The van der Waals surface area contributed by atoms with Gasteiger partial charge in [-0.2, -0.15) is 0 Å². The first kappa shape index (κ1) is 15.8. The number of carbonyl (C=O) groups is 1.